The second-order valence-electron chi connectivity index (χ2n) is 5.63. The van der Waals surface area contributed by atoms with E-state index in [2.05, 4.69) is 5.10 Å². The van der Waals surface area contributed by atoms with Crippen molar-refractivity contribution >= 4 is 16.7 Å². The average molecular weight is 317 g/mol. The van der Waals surface area contributed by atoms with Crippen molar-refractivity contribution in [1.82, 2.24) is 14.7 Å². The quantitative estimate of drug-likeness (QED) is 0.847. The van der Waals surface area contributed by atoms with Crippen LogP contribution in [0.2, 0.25) is 0 Å². The van der Waals surface area contributed by atoms with Crippen LogP contribution in [0.15, 0.2) is 42.6 Å². The van der Waals surface area contributed by atoms with E-state index in [1.165, 1.54) is 0 Å². The van der Waals surface area contributed by atoms with E-state index in [0.717, 1.165) is 5.69 Å². The van der Waals surface area contributed by atoms with Crippen molar-refractivity contribution in [2.45, 2.75) is 6.92 Å². The average Bonchev–Trinajstić information content (AvgIpc) is 2.94. The first-order valence-corrected chi connectivity index (χ1v) is 8.87. The summed E-state index contributed by atoms with van der Waals surface area (Å²) in [5.74, 6) is 1.42. The fraction of sp³-hybridized carbons (Fsp3) is 0.375. The molecule has 0 aliphatic carbocycles. The number of para-hydroxylation sites is 1. The molecule has 2 heterocycles. The normalized spacial score (nSPS) is 22.3. The van der Waals surface area contributed by atoms with Gasteiger partial charge in [0.25, 0.3) is 5.91 Å². The molecule has 1 aromatic carbocycles. The van der Waals surface area contributed by atoms with Gasteiger partial charge in [-0.1, -0.05) is 25.1 Å². The summed E-state index contributed by atoms with van der Waals surface area (Å²) in [6.07, 6.45) is 1.64. The first-order valence-electron chi connectivity index (χ1n) is 7.39. The van der Waals surface area contributed by atoms with Crippen molar-refractivity contribution in [3.05, 3.63) is 48.3 Å². The summed E-state index contributed by atoms with van der Waals surface area (Å²) in [7, 11) is -0.829. The Kier molecular flexibility index (Phi) is 4.38. The zero-order valence-corrected chi connectivity index (χ0v) is 13.3. The van der Waals surface area contributed by atoms with E-state index in [1.54, 1.807) is 21.8 Å². The van der Waals surface area contributed by atoms with Crippen molar-refractivity contribution < 1.29 is 9.00 Å². The Bertz CT molecular complexity index is 684. The third-order valence-corrected chi connectivity index (χ3v) is 5.32. The zero-order chi connectivity index (χ0) is 15.5. The number of hydrogen-bond donors (Lipinski definition) is 0. The molecule has 0 N–H and O–H groups in total. The number of benzene rings is 1. The second-order valence-corrected chi connectivity index (χ2v) is 7.25. The first-order chi connectivity index (χ1) is 10.6. The topological polar surface area (TPSA) is 55.2 Å². The molecule has 1 fully saturated rings. The Morgan fingerprint density at radius 1 is 1.27 bits per heavy atom. The maximum atomic E-state index is 12.8. The van der Waals surface area contributed by atoms with Crippen LogP contribution >= 0.6 is 0 Å². The number of rotatable bonds is 2. The van der Waals surface area contributed by atoms with E-state index < -0.39 is 10.8 Å². The lowest BCUT2D eigenvalue weighted by molar-refractivity contribution is 0.0742. The molecule has 0 bridgehead atoms. The Balaban J connectivity index is 1.87. The summed E-state index contributed by atoms with van der Waals surface area (Å²) in [6.45, 7) is 3.22. The van der Waals surface area contributed by atoms with E-state index in [9.17, 15) is 9.00 Å². The molecule has 3 rings (SSSR count). The van der Waals surface area contributed by atoms with E-state index >= 15 is 0 Å². The van der Waals surface area contributed by atoms with Gasteiger partial charge in [0.15, 0.2) is 0 Å². The molecular weight excluding hydrogens is 298 g/mol. The Morgan fingerprint density at radius 3 is 2.82 bits per heavy atom. The summed E-state index contributed by atoms with van der Waals surface area (Å²) in [5, 5.41) is 4.27. The van der Waals surface area contributed by atoms with Crippen LogP contribution in [0.4, 0.5) is 0 Å². The van der Waals surface area contributed by atoms with E-state index in [4.69, 9.17) is 0 Å². The van der Waals surface area contributed by atoms with Gasteiger partial charge in [0.1, 0.15) is 5.69 Å². The van der Waals surface area contributed by atoms with Gasteiger partial charge >= 0.3 is 0 Å². The largest absolute Gasteiger partial charge is 0.336 e. The van der Waals surface area contributed by atoms with Crippen molar-refractivity contribution in [3.8, 4) is 5.69 Å². The van der Waals surface area contributed by atoms with Gasteiger partial charge in [-0.05, 0) is 24.1 Å². The zero-order valence-electron chi connectivity index (χ0n) is 12.5. The molecule has 2 unspecified atom stereocenters. The van der Waals surface area contributed by atoms with Crippen LogP contribution in [0, 0.1) is 5.92 Å². The van der Waals surface area contributed by atoms with Crippen LogP contribution in [0.3, 0.4) is 0 Å². The predicted octanol–water partition coefficient (Wildman–Crippen LogP) is 1.71. The van der Waals surface area contributed by atoms with Crippen molar-refractivity contribution in [2.75, 3.05) is 24.6 Å². The molecule has 0 radical (unpaired) electrons. The Labute approximate surface area is 132 Å². The molecule has 116 valence electrons. The lowest BCUT2D eigenvalue weighted by Gasteiger charge is -2.22. The van der Waals surface area contributed by atoms with Crippen molar-refractivity contribution in [2.24, 2.45) is 5.92 Å². The van der Waals surface area contributed by atoms with Crippen LogP contribution in [0.5, 0.6) is 0 Å². The van der Waals surface area contributed by atoms with Gasteiger partial charge in [-0.15, -0.1) is 0 Å². The fourth-order valence-corrected chi connectivity index (χ4v) is 4.05. The molecule has 22 heavy (non-hydrogen) atoms. The molecule has 5 nitrogen and oxygen atoms in total. The highest BCUT2D eigenvalue weighted by Gasteiger charge is 2.25. The van der Waals surface area contributed by atoms with Crippen LogP contribution < -0.4 is 0 Å². The molecule has 1 aliphatic heterocycles. The second kappa shape index (κ2) is 6.44. The van der Waals surface area contributed by atoms with Gasteiger partial charge in [0.2, 0.25) is 0 Å². The molecular formula is C16H19N3O2S. The molecule has 1 aliphatic rings. The minimum absolute atomic E-state index is 0.0490. The highest BCUT2D eigenvalue weighted by molar-refractivity contribution is 7.85. The van der Waals surface area contributed by atoms with Gasteiger partial charge in [0.05, 0.1) is 11.9 Å². The Hall–Kier alpha value is -1.95. The number of amides is 1. The molecule has 2 aromatic rings. The van der Waals surface area contributed by atoms with Crippen LogP contribution in [0.25, 0.3) is 5.69 Å². The highest BCUT2D eigenvalue weighted by atomic mass is 32.2. The van der Waals surface area contributed by atoms with Crippen LogP contribution in [0.1, 0.15) is 17.4 Å². The maximum Gasteiger partial charge on any atom is 0.272 e. The van der Waals surface area contributed by atoms with Gasteiger partial charge in [-0.2, -0.15) is 5.10 Å². The van der Waals surface area contributed by atoms with Gasteiger partial charge < -0.3 is 4.90 Å². The smallest absolute Gasteiger partial charge is 0.272 e. The third kappa shape index (κ3) is 3.11. The maximum absolute atomic E-state index is 12.8. The number of carbonyl (C=O) groups excluding carboxylic acids is 1. The van der Waals surface area contributed by atoms with Gasteiger partial charge in [-0.3, -0.25) is 9.00 Å². The number of carbonyl (C=O) groups is 1. The molecule has 2 atom stereocenters. The fourth-order valence-electron chi connectivity index (χ4n) is 2.72. The van der Waals surface area contributed by atoms with Crippen LogP contribution in [-0.4, -0.2) is 49.4 Å². The Morgan fingerprint density at radius 2 is 2.05 bits per heavy atom. The monoisotopic (exact) mass is 317 g/mol. The molecule has 1 amide bonds. The van der Waals surface area contributed by atoms with E-state index in [0.29, 0.717) is 30.3 Å². The van der Waals surface area contributed by atoms with Crippen molar-refractivity contribution in [1.29, 1.82) is 0 Å². The lowest BCUT2D eigenvalue weighted by atomic mass is 10.2. The molecule has 1 aromatic heterocycles. The first kappa shape index (κ1) is 15.0. The molecule has 1 saturated heterocycles. The molecule has 0 saturated carbocycles. The van der Waals surface area contributed by atoms with Crippen molar-refractivity contribution in [3.63, 3.8) is 0 Å². The summed E-state index contributed by atoms with van der Waals surface area (Å²) in [6, 6.07) is 11.3. The summed E-state index contributed by atoms with van der Waals surface area (Å²) >= 11 is 0. The third-order valence-electron chi connectivity index (χ3n) is 3.74. The number of hydrogen-bond acceptors (Lipinski definition) is 3. The summed E-state index contributed by atoms with van der Waals surface area (Å²) in [5.41, 5.74) is 1.41. The highest BCUT2D eigenvalue weighted by Crippen LogP contribution is 2.15. The van der Waals surface area contributed by atoms with E-state index in [-0.39, 0.29) is 11.8 Å². The van der Waals surface area contributed by atoms with Gasteiger partial charge in [0, 0.05) is 35.4 Å². The van der Waals surface area contributed by atoms with Crippen LogP contribution in [-0.2, 0) is 10.8 Å². The van der Waals surface area contributed by atoms with Gasteiger partial charge in [-0.25, -0.2) is 4.68 Å². The number of aromatic nitrogens is 2. The molecule has 6 heteroatoms. The van der Waals surface area contributed by atoms with E-state index in [1.807, 2.05) is 37.3 Å². The SMILES string of the molecule is CC1CN(C(=O)c2ccnn2-c2ccccc2)CCS(=O)C1. The predicted molar refractivity (Wildman–Crippen MR) is 86.5 cm³/mol. The minimum atomic E-state index is -0.829. The molecule has 0 spiro atoms. The summed E-state index contributed by atoms with van der Waals surface area (Å²) in [4.78, 5) is 14.6. The summed E-state index contributed by atoms with van der Waals surface area (Å²) < 4.78 is 13.5. The lowest BCUT2D eigenvalue weighted by Crippen LogP contribution is -2.36. The standard InChI is InChI=1S/C16H19N3O2S/c1-13-11-18(9-10-22(21)12-13)16(20)15-7-8-17-19(15)14-5-3-2-4-6-14/h2-8,13H,9-12H2,1H3. The minimum Gasteiger partial charge on any atom is -0.336 e. The number of nitrogens with zero attached hydrogens (tertiary/aromatic N) is 3.